The molecule has 0 saturated carbocycles. The van der Waals surface area contributed by atoms with Crippen LogP contribution in [-0.2, 0) is 43.2 Å². The van der Waals surface area contributed by atoms with Gasteiger partial charge in [-0.05, 0) is 0 Å². The molecule has 0 unspecified atom stereocenters. The van der Waals surface area contributed by atoms with Gasteiger partial charge in [-0.15, -0.1) is 0 Å². The molecule has 0 aliphatic heterocycles. The van der Waals surface area contributed by atoms with E-state index in [9.17, 15) is 14.4 Å². The van der Waals surface area contributed by atoms with Crippen LogP contribution < -0.4 is 0 Å². The number of carbonyl (C=O) groups excluding carboxylic acids is 6. The van der Waals surface area contributed by atoms with Gasteiger partial charge in [-0.3, -0.25) is 0 Å². The van der Waals surface area contributed by atoms with Gasteiger partial charge in [-0.2, -0.15) is 28.8 Å². The number of aliphatic carboxylic acids is 3. The molecule has 0 rings (SSSR count). The van der Waals surface area contributed by atoms with Gasteiger partial charge < -0.3 is 46.0 Å². The van der Waals surface area contributed by atoms with Crippen LogP contribution >= 0.6 is 0 Å². The van der Waals surface area contributed by atoms with Crippen molar-refractivity contribution in [3.8, 4) is 0 Å². The summed E-state index contributed by atoms with van der Waals surface area (Å²) in [6.07, 6.45) is -4.13. The fourth-order valence-corrected chi connectivity index (χ4v) is 0.234. The first-order valence-corrected chi connectivity index (χ1v) is 6.32. The highest BCUT2D eigenvalue weighted by atomic mass is 16.4. The second-order valence-electron chi connectivity index (χ2n) is 3.36. The molecule has 0 heterocycles. The Kier molecular flexibility index (Phi) is 49.4. The maximum absolute atomic E-state index is 9.52. The molecule has 18 heteroatoms. The SMILES string of the molecule is O=C(O)[C@@H](O)CO.O=C(O)[C@@H](O)CO.O=C(O)[C@H](O)CO.O=C=O.O=C=O.O=C=O. The van der Waals surface area contributed by atoms with Gasteiger partial charge in [-0.25, -0.2) is 14.4 Å². The zero-order valence-electron chi connectivity index (χ0n) is 14.6. The van der Waals surface area contributed by atoms with E-state index in [4.69, 9.17) is 74.7 Å². The molecule has 30 heavy (non-hydrogen) atoms. The first-order chi connectivity index (χ1) is 13.8. The maximum Gasteiger partial charge on any atom is 0.373 e. The smallest absolute Gasteiger partial charge is 0.373 e. The lowest BCUT2D eigenvalue weighted by Crippen LogP contribution is -2.22. The number of aliphatic hydroxyl groups is 6. The van der Waals surface area contributed by atoms with Crippen LogP contribution in [0.2, 0.25) is 0 Å². The van der Waals surface area contributed by atoms with E-state index in [0.717, 1.165) is 0 Å². The van der Waals surface area contributed by atoms with Crippen LogP contribution in [0.5, 0.6) is 0 Å². The second kappa shape index (κ2) is 36.3. The molecule has 0 radical (unpaired) electrons. The van der Waals surface area contributed by atoms with Crippen LogP contribution in [0, 0.1) is 0 Å². The summed E-state index contributed by atoms with van der Waals surface area (Å²) in [5.41, 5.74) is 0. The van der Waals surface area contributed by atoms with Gasteiger partial charge in [0.2, 0.25) is 0 Å². The highest BCUT2D eigenvalue weighted by Gasteiger charge is 2.10. The standard InChI is InChI=1S/3C3H6O4.3CO2/c3*4-1-2(5)3(6)7;3*2-1-3/h3*2,4-5H,1H2,(H,6,7);;;/t3*2-;;;/m100.../s1. The Morgan fingerprint density at radius 3 is 0.600 bits per heavy atom. The fraction of sp³-hybridized carbons (Fsp3) is 0.500. The first kappa shape index (κ1) is 40.9. The third kappa shape index (κ3) is 64.5. The van der Waals surface area contributed by atoms with Gasteiger partial charge in [0.05, 0.1) is 19.8 Å². The Morgan fingerprint density at radius 2 is 0.600 bits per heavy atom. The molecule has 0 bridgehead atoms. The van der Waals surface area contributed by atoms with Gasteiger partial charge in [0, 0.05) is 0 Å². The Labute approximate surface area is 164 Å². The predicted octanol–water partition coefficient (Wildman–Crippen LogP) is -6.48. The van der Waals surface area contributed by atoms with E-state index < -0.39 is 56.0 Å². The number of aliphatic hydroxyl groups excluding tert-OH is 6. The summed E-state index contributed by atoms with van der Waals surface area (Å²) in [7, 11) is 0. The van der Waals surface area contributed by atoms with Gasteiger partial charge in [0.1, 0.15) is 0 Å². The van der Waals surface area contributed by atoms with Crippen LogP contribution in [0.4, 0.5) is 0 Å². The van der Waals surface area contributed by atoms with Crippen LogP contribution in [0.25, 0.3) is 0 Å². The van der Waals surface area contributed by atoms with E-state index in [2.05, 4.69) is 0 Å². The lowest BCUT2D eigenvalue weighted by Gasteiger charge is -1.95. The van der Waals surface area contributed by atoms with E-state index in [0.29, 0.717) is 0 Å². The summed E-state index contributed by atoms with van der Waals surface area (Å²) in [5.74, 6) is -4.20. The molecule has 3 atom stereocenters. The van der Waals surface area contributed by atoms with Crippen molar-refractivity contribution >= 4 is 36.4 Å². The van der Waals surface area contributed by atoms with Crippen molar-refractivity contribution in [3.05, 3.63) is 0 Å². The lowest BCUT2D eigenvalue weighted by molar-refractivity contribution is -0.193. The first-order valence-electron chi connectivity index (χ1n) is 6.32. The normalized spacial score (nSPS) is 10.2. The average Bonchev–Trinajstić information content (AvgIpc) is 2.68. The molecule has 0 aliphatic carbocycles. The van der Waals surface area contributed by atoms with Crippen LogP contribution in [0.1, 0.15) is 0 Å². The quantitative estimate of drug-likeness (QED) is 0.181. The summed E-state index contributed by atoms with van der Waals surface area (Å²) in [4.78, 5) is 77.3. The van der Waals surface area contributed by atoms with E-state index in [1.165, 1.54) is 0 Å². The van der Waals surface area contributed by atoms with Crippen molar-refractivity contribution in [3.63, 3.8) is 0 Å². The van der Waals surface area contributed by atoms with Crippen LogP contribution in [0.3, 0.4) is 0 Å². The predicted molar refractivity (Wildman–Crippen MR) is 77.2 cm³/mol. The van der Waals surface area contributed by atoms with E-state index >= 15 is 0 Å². The molecule has 0 amide bonds. The van der Waals surface area contributed by atoms with E-state index in [1.807, 2.05) is 0 Å². The lowest BCUT2D eigenvalue weighted by atomic mass is 10.4. The molecule has 174 valence electrons. The molecule has 0 aromatic carbocycles. The number of carboxylic acids is 3. The number of hydrogen-bond donors (Lipinski definition) is 9. The van der Waals surface area contributed by atoms with Crippen molar-refractivity contribution in [2.75, 3.05) is 19.8 Å². The Bertz CT molecular complexity index is 447. The molecular formula is C12H18O18. The van der Waals surface area contributed by atoms with E-state index in [1.54, 1.807) is 0 Å². The van der Waals surface area contributed by atoms with Crippen molar-refractivity contribution in [1.82, 2.24) is 0 Å². The minimum Gasteiger partial charge on any atom is -0.479 e. The monoisotopic (exact) mass is 450 g/mol. The molecule has 18 nitrogen and oxygen atoms in total. The molecule has 9 N–H and O–H groups in total. The summed E-state index contributed by atoms with van der Waals surface area (Å²) in [6.45, 7) is -2.18. The third-order valence-electron chi connectivity index (χ3n) is 1.37. The van der Waals surface area contributed by atoms with Crippen molar-refractivity contribution in [1.29, 1.82) is 0 Å². The number of hydrogen-bond acceptors (Lipinski definition) is 15. The molecule has 0 spiro atoms. The molecular weight excluding hydrogens is 432 g/mol. The molecule has 0 aromatic rings. The summed E-state index contributed by atoms with van der Waals surface area (Å²) in [6, 6.07) is 0. The van der Waals surface area contributed by atoms with Crippen molar-refractivity contribution in [2.24, 2.45) is 0 Å². The molecule has 0 aromatic heterocycles. The zero-order valence-corrected chi connectivity index (χ0v) is 14.6. The molecule has 0 saturated heterocycles. The Balaban J connectivity index is -0.0000000603. The molecule has 0 fully saturated rings. The zero-order chi connectivity index (χ0) is 25.7. The van der Waals surface area contributed by atoms with Gasteiger partial charge in [0.15, 0.2) is 18.3 Å². The van der Waals surface area contributed by atoms with Crippen LogP contribution in [-0.4, -0.2) is 120 Å². The van der Waals surface area contributed by atoms with Crippen molar-refractivity contribution in [2.45, 2.75) is 18.3 Å². The van der Waals surface area contributed by atoms with Gasteiger partial charge >= 0.3 is 36.4 Å². The number of rotatable bonds is 6. The number of carboxylic acid groups (broad SMARTS) is 3. The average molecular weight is 450 g/mol. The summed E-state index contributed by atoms with van der Waals surface area (Å²) >= 11 is 0. The van der Waals surface area contributed by atoms with Crippen LogP contribution in [0.15, 0.2) is 0 Å². The minimum atomic E-state index is -1.63. The highest BCUT2D eigenvalue weighted by Crippen LogP contribution is 1.77. The Morgan fingerprint density at radius 1 is 0.500 bits per heavy atom. The van der Waals surface area contributed by atoms with Gasteiger partial charge in [-0.1, -0.05) is 0 Å². The minimum absolute atomic E-state index is 0.250. The second-order valence-corrected chi connectivity index (χ2v) is 3.36. The topological polar surface area (TPSA) is 336 Å². The van der Waals surface area contributed by atoms with E-state index in [-0.39, 0.29) is 18.5 Å². The largest absolute Gasteiger partial charge is 0.479 e. The van der Waals surface area contributed by atoms with Crippen molar-refractivity contribution < 1.29 is 89.1 Å². The fourth-order valence-electron chi connectivity index (χ4n) is 0.234. The third-order valence-corrected chi connectivity index (χ3v) is 1.37. The summed E-state index contributed by atoms with van der Waals surface area (Å²) in [5, 5.41) is 71.2. The van der Waals surface area contributed by atoms with Gasteiger partial charge in [0.25, 0.3) is 0 Å². The Hall–Kier alpha value is -3.69. The highest BCUT2D eigenvalue weighted by molar-refractivity contribution is 5.72. The molecule has 0 aliphatic rings. The maximum atomic E-state index is 9.52. The summed E-state index contributed by atoms with van der Waals surface area (Å²) < 4.78 is 0. The number of carbonyl (C=O) groups is 3.